The van der Waals surface area contributed by atoms with Crippen molar-refractivity contribution in [1.29, 1.82) is 0 Å². The number of fused-ring (bicyclic) bond motifs is 3. The van der Waals surface area contributed by atoms with Gasteiger partial charge in [-0.05, 0) is 77.8 Å². The Kier molecular flexibility index (Phi) is 6.48. The van der Waals surface area contributed by atoms with Gasteiger partial charge < -0.3 is 10.2 Å². The van der Waals surface area contributed by atoms with E-state index in [1.54, 1.807) is 56.3 Å². The minimum Gasteiger partial charge on any atom is -0.386 e. The monoisotopic (exact) mass is 570 g/mol. The highest BCUT2D eigenvalue weighted by Crippen LogP contribution is 2.58. The van der Waals surface area contributed by atoms with E-state index in [0.717, 1.165) is 29.7 Å². The van der Waals surface area contributed by atoms with Crippen LogP contribution in [0, 0.1) is 13.8 Å². The predicted molar refractivity (Wildman–Crippen MR) is 144 cm³/mol. The van der Waals surface area contributed by atoms with Gasteiger partial charge in [-0.2, -0.15) is 26.3 Å². The average Bonchev–Trinajstić information content (AvgIpc) is 3.18. The van der Waals surface area contributed by atoms with Gasteiger partial charge in [-0.1, -0.05) is 84.9 Å². The van der Waals surface area contributed by atoms with Gasteiger partial charge >= 0.3 is 12.4 Å². The lowest BCUT2D eigenvalue weighted by molar-refractivity contribution is -0.376. The number of aliphatic hydroxyl groups is 2. The largest absolute Gasteiger partial charge is 0.430 e. The van der Waals surface area contributed by atoms with Crippen LogP contribution in [0.15, 0.2) is 84.9 Å². The lowest BCUT2D eigenvalue weighted by Gasteiger charge is -2.38. The first kappa shape index (κ1) is 28.9. The Labute approximate surface area is 233 Å². The van der Waals surface area contributed by atoms with Crippen molar-refractivity contribution in [3.05, 3.63) is 129 Å². The second-order valence-corrected chi connectivity index (χ2v) is 11.2. The fourth-order valence-corrected chi connectivity index (χ4v) is 6.25. The van der Waals surface area contributed by atoms with Crippen molar-refractivity contribution in [1.82, 2.24) is 0 Å². The molecule has 41 heavy (non-hydrogen) atoms. The Balaban J connectivity index is 1.96. The maximum Gasteiger partial charge on any atom is 0.430 e. The molecular formula is C33H28F6O2. The summed E-state index contributed by atoms with van der Waals surface area (Å²) in [5, 5.41) is 21.4. The van der Waals surface area contributed by atoms with Crippen LogP contribution in [0.4, 0.5) is 26.3 Å². The molecule has 2 N–H and O–H groups in total. The van der Waals surface area contributed by atoms with E-state index < -0.39 is 34.5 Å². The van der Waals surface area contributed by atoms with Crippen LogP contribution in [0.25, 0.3) is 11.1 Å². The summed E-state index contributed by atoms with van der Waals surface area (Å²) in [6, 6.07) is 23.3. The van der Waals surface area contributed by atoms with Gasteiger partial charge in [0.1, 0.15) is 0 Å². The summed E-state index contributed by atoms with van der Waals surface area (Å²) >= 11 is 0. The van der Waals surface area contributed by atoms with Gasteiger partial charge in [0.05, 0.1) is 11.0 Å². The fraction of sp³-hybridized carbons (Fsp3) is 0.273. The fourth-order valence-electron chi connectivity index (χ4n) is 6.25. The summed E-state index contributed by atoms with van der Waals surface area (Å²) in [6.07, 6.45) is -12.1. The van der Waals surface area contributed by atoms with Crippen LogP contribution in [0.2, 0.25) is 0 Å². The third-order valence-corrected chi connectivity index (χ3v) is 8.16. The number of rotatable bonds is 4. The van der Waals surface area contributed by atoms with Crippen molar-refractivity contribution >= 4 is 0 Å². The van der Waals surface area contributed by atoms with Crippen molar-refractivity contribution in [3.8, 4) is 11.1 Å². The van der Waals surface area contributed by atoms with Crippen LogP contribution in [-0.2, 0) is 16.6 Å². The van der Waals surface area contributed by atoms with Crippen molar-refractivity contribution < 1.29 is 36.6 Å². The summed E-state index contributed by atoms with van der Waals surface area (Å²) in [6.45, 7) is 6.15. The minimum atomic E-state index is -6.04. The lowest BCUT2D eigenvalue weighted by Crippen LogP contribution is -2.54. The van der Waals surface area contributed by atoms with Gasteiger partial charge in [0.25, 0.3) is 5.60 Å². The van der Waals surface area contributed by atoms with E-state index in [2.05, 4.69) is 0 Å². The molecule has 214 valence electrons. The van der Waals surface area contributed by atoms with Crippen molar-refractivity contribution in [3.63, 3.8) is 0 Å². The van der Waals surface area contributed by atoms with Gasteiger partial charge in [-0.25, -0.2) is 0 Å². The summed E-state index contributed by atoms with van der Waals surface area (Å²) in [5.74, 6) is 0. The molecule has 0 bridgehead atoms. The second-order valence-electron chi connectivity index (χ2n) is 11.2. The Morgan fingerprint density at radius 3 is 1.37 bits per heavy atom. The van der Waals surface area contributed by atoms with E-state index in [1.165, 1.54) is 12.1 Å². The topological polar surface area (TPSA) is 40.5 Å². The lowest BCUT2D eigenvalue weighted by atomic mass is 9.66. The molecular weight excluding hydrogens is 542 g/mol. The number of halogens is 6. The summed E-state index contributed by atoms with van der Waals surface area (Å²) in [7, 11) is 0. The van der Waals surface area contributed by atoms with Crippen LogP contribution in [0.1, 0.15) is 58.4 Å². The van der Waals surface area contributed by atoms with E-state index in [-0.39, 0.29) is 11.1 Å². The van der Waals surface area contributed by atoms with Crippen LogP contribution < -0.4 is 0 Å². The van der Waals surface area contributed by atoms with E-state index >= 15 is 0 Å². The van der Waals surface area contributed by atoms with Gasteiger partial charge in [0.15, 0.2) is 0 Å². The first-order chi connectivity index (χ1) is 19.0. The number of hydrogen-bond donors (Lipinski definition) is 2. The maximum absolute atomic E-state index is 14.1. The Hall–Kier alpha value is -3.62. The first-order valence-corrected chi connectivity index (χ1v) is 13.0. The van der Waals surface area contributed by atoms with Gasteiger partial charge in [0, 0.05) is 5.56 Å². The zero-order valence-electron chi connectivity index (χ0n) is 22.7. The van der Waals surface area contributed by atoms with Crippen molar-refractivity contribution in [2.75, 3.05) is 0 Å². The quantitative estimate of drug-likeness (QED) is 0.214. The number of benzene rings is 4. The minimum absolute atomic E-state index is 0.118. The second kappa shape index (κ2) is 9.19. The molecule has 0 heterocycles. The molecule has 4 aromatic carbocycles. The highest BCUT2D eigenvalue weighted by molar-refractivity contribution is 5.86. The van der Waals surface area contributed by atoms with E-state index in [9.17, 15) is 36.6 Å². The molecule has 5 rings (SSSR count). The molecule has 8 heteroatoms. The van der Waals surface area contributed by atoms with Crippen LogP contribution in [0.5, 0.6) is 0 Å². The molecule has 0 unspecified atom stereocenters. The van der Waals surface area contributed by atoms with Gasteiger partial charge in [-0.15, -0.1) is 0 Å². The Morgan fingerprint density at radius 1 is 0.561 bits per heavy atom. The van der Waals surface area contributed by atoms with E-state index in [1.807, 2.05) is 31.2 Å². The summed E-state index contributed by atoms with van der Waals surface area (Å²) in [5.41, 5.74) is -4.52. The Morgan fingerprint density at radius 2 is 0.951 bits per heavy atom. The molecule has 1 aliphatic carbocycles. The standard InChI is InChI=1S/C33H28F6O2/c1-19-13-15-21(17-27(19)29(3,4)40)30(25-11-7-5-9-23(25)24-10-6-8-12-26(24)30)22-16-14-20(2)28(18-22)31(41,32(34,35)36)33(37,38)39/h5-18,40-41H,1-4H3. The molecule has 0 fully saturated rings. The molecule has 0 aromatic heterocycles. The highest BCUT2D eigenvalue weighted by Gasteiger charge is 2.72. The van der Waals surface area contributed by atoms with Crippen molar-refractivity contribution in [2.24, 2.45) is 0 Å². The molecule has 0 amide bonds. The zero-order valence-corrected chi connectivity index (χ0v) is 22.7. The van der Waals surface area contributed by atoms with Gasteiger partial charge in [-0.3, -0.25) is 0 Å². The molecule has 0 aliphatic heterocycles. The smallest absolute Gasteiger partial charge is 0.386 e. The molecule has 0 saturated carbocycles. The zero-order chi connectivity index (χ0) is 30.2. The molecule has 0 atom stereocenters. The number of hydrogen-bond acceptors (Lipinski definition) is 2. The molecule has 0 spiro atoms. The maximum atomic E-state index is 14.1. The van der Waals surface area contributed by atoms with Crippen LogP contribution in [-0.4, -0.2) is 22.6 Å². The molecule has 1 aliphatic rings. The third-order valence-electron chi connectivity index (χ3n) is 8.16. The van der Waals surface area contributed by atoms with Crippen LogP contribution in [0.3, 0.4) is 0 Å². The molecule has 0 saturated heterocycles. The normalized spacial score (nSPS) is 15.0. The van der Waals surface area contributed by atoms with Crippen molar-refractivity contribution in [2.45, 2.75) is 56.7 Å². The molecule has 0 radical (unpaired) electrons. The third kappa shape index (κ3) is 4.10. The first-order valence-electron chi connectivity index (χ1n) is 13.0. The van der Waals surface area contributed by atoms with Crippen LogP contribution >= 0.6 is 0 Å². The summed E-state index contributed by atoms with van der Waals surface area (Å²) in [4.78, 5) is 0. The number of aryl methyl sites for hydroxylation is 2. The molecule has 4 aromatic rings. The SMILES string of the molecule is Cc1ccc(C2(c3ccc(C)c(C(O)(C(F)(F)F)C(F)(F)F)c3)c3ccccc3-c3ccccc32)cc1C(C)(C)O. The highest BCUT2D eigenvalue weighted by atomic mass is 19.4. The summed E-state index contributed by atoms with van der Waals surface area (Å²) < 4.78 is 84.6. The number of alkyl halides is 6. The Bertz CT molecular complexity index is 1580. The van der Waals surface area contributed by atoms with E-state index in [0.29, 0.717) is 22.3 Å². The average molecular weight is 571 g/mol. The van der Waals surface area contributed by atoms with E-state index in [4.69, 9.17) is 0 Å². The predicted octanol–water partition coefficient (Wildman–Crippen LogP) is 8.21. The van der Waals surface area contributed by atoms with Gasteiger partial charge in [0.2, 0.25) is 0 Å². The molecule has 2 nitrogen and oxygen atoms in total.